The first-order valence-electron chi connectivity index (χ1n) is 11.2. The minimum atomic E-state index is -0.822. The van der Waals surface area contributed by atoms with Crippen molar-refractivity contribution in [3.8, 4) is 0 Å². The molecule has 1 aromatic rings. The van der Waals surface area contributed by atoms with Gasteiger partial charge in [0.2, 0.25) is 5.91 Å². The van der Waals surface area contributed by atoms with Gasteiger partial charge in [0, 0.05) is 25.4 Å². The van der Waals surface area contributed by atoms with Crippen molar-refractivity contribution in [2.24, 2.45) is 11.3 Å². The van der Waals surface area contributed by atoms with Crippen molar-refractivity contribution in [3.05, 3.63) is 35.4 Å². The number of fused-ring (bicyclic) bond motifs is 1. The number of hydrogen-bond acceptors (Lipinski definition) is 4. The maximum atomic E-state index is 12.9. The lowest BCUT2D eigenvalue weighted by molar-refractivity contribution is -0.153. The van der Waals surface area contributed by atoms with Gasteiger partial charge in [-0.2, -0.15) is 0 Å². The predicted octanol–water partition coefficient (Wildman–Crippen LogP) is 2.67. The Balaban J connectivity index is 1.53. The van der Waals surface area contributed by atoms with E-state index in [2.05, 4.69) is 29.7 Å². The Labute approximate surface area is 184 Å². The highest BCUT2D eigenvalue weighted by Crippen LogP contribution is 2.26. The Hall–Kier alpha value is -2.57. The molecule has 2 aliphatic rings. The van der Waals surface area contributed by atoms with Crippen LogP contribution in [0.1, 0.15) is 52.2 Å². The summed E-state index contributed by atoms with van der Waals surface area (Å²) in [6, 6.07) is 6.89. The van der Waals surface area contributed by atoms with E-state index in [1.54, 1.807) is 4.90 Å². The molecule has 1 heterocycles. The van der Waals surface area contributed by atoms with Gasteiger partial charge in [-0.05, 0) is 35.8 Å². The Morgan fingerprint density at radius 3 is 2.26 bits per heavy atom. The van der Waals surface area contributed by atoms with Crippen LogP contribution in [-0.2, 0) is 27.2 Å². The summed E-state index contributed by atoms with van der Waals surface area (Å²) >= 11 is 0. The maximum Gasteiger partial charge on any atom is 0.329 e. The number of esters is 1. The third-order valence-electron chi connectivity index (χ3n) is 6.18. The van der Waals surface area contributed by atoms with Crippen LogP contribution in [-0.4, -0.2) is 54.1 Å². The van der Waals surface area contributed by atoms with Crippen molar-refractivity contribution in [3.63, 3.8) is 0 Å². The van der Waals surface area contributed by atoms with Crippen molar-refractivity contribution < 1.29 is 19.1 Å². The van der Waals surface area contributed by atoms with Crippen LogP contribution >= 0.6 is 0 Å². The molecule has 0 saturated carbocycles. The van der Waals surface area contributed by atoms with Crippen molar-refractivity contribution >= 4 is 17.9 Å². The van der Waals surface area contributed by atoms with Crippen LogP contribution in [0, 0.1) is 11.3 Å². The molecule has 0 radical (unpaired) electrons. The summed E-state index contributed by atoms with van der Waals surface area (Å²) in [5.41, 5.74) is 1.85. The number of amides is 3. The van der Waals surface area contributed by atoms with E-state index in [0.717, 1.165) is 6.42 Å². The average Bonchev–Trinajstić information content (AvgIpc) is 3.24. The van der Waals surface area contributed by atoms with Crippen molar-refractivity contribution in [1.82, 2.24) is 15.5 Å². The van der Waals surface area contributed by atoms with E-state index in [1.165, 1.54) is 11.1 Å². The predicted molar refractivity (Wildman–Crippen MR) is 118 cm³/mol. The highest BCUT2D eigenvalue weighted by molar-refractivity contribution is 5.87. The van der Waals surface area contributed by atoms with Gasteiger partial charge in [-0.3, -0.25) is 4.79 Å². The number of nitrogens with zero attached hydrogens (tertiary/aromatic N) is 1. The molecule has 3 rings (SSSR count). The smallest absolute Gasteiger partial charge is 0.329 e. The number of rotatable bonds is 5. The lowest BCUT2D eigenvalue weighted by atomic mass is 9.87. The highest BCUT2D eigenvalue weighted by Gasteiger charge is 2.37. The van der Waals surface area contributed by atoms with Gasteiger partial charge < -0.3 is 20.3 Å². The summed E-state index contributed by atoms with van der Waals surface area (Å²) in [7, 11) is 0. The maximum absolute atomic E-state index is 12.9. The topological polar surface area (TPSA) is 87.7 Å². The fourth-order valence-corrected chi connectivity index (χ4v) is 4.55. The molecule has 170 valence electrons. The van der Waals surface area contributed by atoms with Gasteiger partial charge in [0.05, 0.1) is 6.54 Å². The molecule has 0 aromatic heterocycles. The first-order valence-corrected chi connectivity index (χ1v) is 11.2. The van der Waals surface area contributed by atoms with Crippen molar-refractivity contribution in [1.29, 1.82) is 0 Å². The third-order valence-corrected chi connectivity index (χ3v) is 6.18. The molecule has 7 heteroatoms. The fourth-order valence-electron chi connectivity index (χ4n) is 4.55. The second kappa shape index (κ2) is 9.28. The molecule has 1 saturated heterocycles. The number of nitrogens with one attached hydrogen (secondary N) is 2. The number of hydrogen-bond donors (Lipinski definition) is 2. The molecule has 31 heavy (non-hydrogen) atoms. The molecule has 1 aliphatic carbocycles. The van der Waals surface area contributed by atoms with E-state index < -0.39 is 23.5 Å². The number of carbonyl (C=O) groups is 3. The third kappa shape index (κ3) is 5.77. The zero-order valence-corrected chi connectivity index (χ0v) is 19.2. The van der Waals surface area contributed by atoms with Crippen molar-refractivity contribution in [2.75, 3.05) is 13.1 Å². The van der Waals surface area contributed by atoms with Gasteiger partial charge in [0.1, 0.15) is 12.1 Å². The minimum Gasteiger partial charge on any atom is -0.460 e. The Kier molecular flexibility index (Phi) is 6.92. The number of urea groups is 1. The van der Waals surface area contributed by atoms with E-state index in [4.69, 9.17) is 4.74 Å². The number of benzene rings is 1. The molecule has 7 nitrogen and oxygen atoms in total. The van der Waals surface area contributed by atoms with Gasteiger partial charge in [0.25, 0.3) is 0 Å². The summed E-state index contributed by atoms with van der Waals surface area (Å²) in [5, 5.41) is 5.33. The van der Waals surface area contributed by atoms with Crippen LogP contribution in [0.25, 0.3) is 0 Å². The number of carbonyl (C=O) groups excluding carboxylic acids is 3. The van der Waals surface area contributed by atoms with E-state index in [1.807, 2.05) is 39.8 Å². The summed E-state index contributed by atoms with van der Waals surface area (Å²) < 4.78 is 5.76. The largest absolute Gasteiger partial charge is 0.460 e. The summed E-state index contributed by atoms with van der Waals surface area (Å²) in [4.78, 5) is 39.7. The molecule has 0 spiro atoms. The second-order valence-corrected chi connectivity index (χ2v) is 10.1. The molecule has 3 unspecified atom stereocenters. The molecular formula is C24H35N3O4. The van der Waals surface area contributed by atoms with Gasteiger partial charge in [0.15, 0.2) is 0 Å². The van der Waals surface area contributed by atoms with Crippen LogP contribution in [0.5, 0.6) is 0 Å². The lowest BCUT2D eigenvalue weighted by Crippen LogP contribution is -2.54. The standard InChI is InChI=1S/C24H35N3O4/c1-15-10-16(2)27(14-15)20(28)13-25-23(30)26-21(24(3,4)5)22(29)31-19-11-17-8-6-7-9-18(17)12-19/h6-9,15-16,19,21H,10-14H2,1-5H3,(H2,25,26,30). The molecule has 2 N–H and O–H groups in total. The van der Waals surface area contributed by atoms with Crippen molar-refractivity contribution in [2.45, 2.75) is 72.1 Å². The monoisotopic (exact) mass is 429 g/mol. The van der Waals surface area contributed by atoms with Crippen LogP contribution in [0.15, 0.2) is 24.3 Å². The van der Waals surface area contributed by atoms with E-state index in [-0.39, 0.29) is 24.6 Å². The summed E-state index contributed by atoms with van der Waals surface area (Å²) in [5.74, 6) is -0.0890. The quantitative estimate of drug-likeness (QED) is 0.705. The average molecular weight is 430 g/mol. The molecule has 1 fully saturated rings. The molecular weight excluding hydrogens is 394 g/mol. The van der Waals surface area contributed by atoms with E-state index in [9.17, 15) is 14.4 Å². The normalized spacial score (nSPS) is 22.0. The van der Waals surface area contributed by atoms with Gasteiger partial charge in [-0.25, -0.2) is 9.59 Å². The first kappa shape index (κ1) is 23.1. The van der Waals surface area contributed by atoms with Crippen LogP contribution < -0.4 is 10.6 Å². The van der Waals surface area contributed by atoms with Crippen LogP contribution in [0.3, 0.4) is 0 Å². The number of ether oxygens (including phenoxy) is 1. The fraction of sp³-hybridized carbons (Fsp3) is 0.625. The Morgan fingerprint density at radius 2 is 1.74 bits per heavy atom. The van der Waals surface area contributed by atoms with Gasteiger partial charge >= 0.3 is 12.0 Å². The summed E-state index contributed by atoms with van der Waals surface area (Å²) in [6.45, 7) is 10.4. The van der Waals surface area contributed by atoms with E-state index >= 15 is 0 Å². The molecule has 1 aliphatic heterocycles. The van der Waals surface area contributed by atoms with E-state index in [0.29, 0.717) is 25.3 Å². The zero-order chi connectivity index (χ0) is 22.8. The lowest BCUT2D eigenvalue weighted by Gasteiger charge is -2.30. The first-order chi connectivity index (χ1) is 14.5. The molecule has 3 amide bonds. The molecule has 1 aromatic carbocycles. The molecule has 3 atom stereocenters. The highest BCUT2D eigenvalue weighted by atomic mass is 16.5. The second-order valence-electron chi connectivity index (χ2n) is 10.1. The minimum absolute atomic E-state index is 0.0905. The van der Waals surface area contributed by atoms with Crippen LogP contribution in [0.2, 0.25) is 0 Å². The zero-order valence-electron chi connectivity index (χ0n) is 19.2. The molecule has 0 bridgehead atoms. The van der Waals surface area contributed by atoms with Crippen LogP contribution in [0.4, 0.5) is 4.79 Å². The SMILES string of the molecule is CC1CC(C)N(C(=O)CNC(=O)NC(C(=O)OC2Cc3ccccc3C2)C(C)(C)C)C1. The van der Waals surface area contributed by atoms with Gasteiger partial charge in [-0.15, -0.1) is 0 Å². The number of likely N-dealkylation sites (tertiary alicyclic amines) is 1. The van der Waals surface area contributed by atoms with Gasteiger partial charge in [-0.1, -0.05) is 52.0 Å². The Bertz CT molecular complexity index is 807. The Morgan fingerprint density at radius 1 is 1.13 bits per heavy atom. The summed E-state index contributed by atoms with van der Waals surface area (Å²) in [6.07, 6.45) is 2.12.